The van der Waals surface area contributed by atoms with Gasteiger partial charge in [0.15, 0.2) is 5.13 Å². The molecule has 2 heterocycles. The number of carbonyl (C=O) groups is 1. The van der Waals surface area contributed by atoms with Crippen LogP contribution in [0.1, 0.15) is 35.0 Å². The minimum Gasteiger partial charge on any atom is -0.309 e. The van der Waals surface area contributed by atoms with E-state index in [2.05, 4.69) is 29.1 Å². The smallest absolute Gasteiger partial charge is 0.278 e. The van der Waals surface area contributed by atoms with Gasteiger partial charge in [0, 0.05) is 13.6 Å². The monoisotopic (exact) mass is 385 g/mol. The Morgan fingerprint density at radius 3 is 2.67 bits per heavy atom. The highest BCUT2D eigenvalue weighted by Gasteiger charge is 2.25. The molecular weight excluding hydrogens is 358 g/mol. The van der Waals surface area contributed by atoms with Gasteiger partial charge in [-0.3, -0.25) is 14.4 Å². The molecule has 0 atom stereocenters. The third-order valence-corrected chi connectivity index (χ3v) is 5.68. The summed E-state index contributed by atoms with van der Waals surface area (Å²) in [5.74, 6) is -0.0407. The van der Waals surface area contributed by atoms with Gasteiger partial charge in [0.1, 0.15) is 5.69 Å². The van der Waals surface area contributed by atoms with Crippen LogP contribution >= 0.6 is 11.3 Å². The number of hydrogen-bond acceptors (Lipinski definition) is 5. The number of rotatable bonds is 7. The number of anilines is 1. The number of aromatic nitrogens is 3. The fraction of sp³-hybridized carbons (Fsp3) is 0.450. The minimum atomic E-state index is -0.0407. The Bertz CT molecular complexity index is 924. The summed E-state index contributed by atoms with van der Waals surface area (Å²) in [6, 6.07) is 6.33. The Kier molecular flexibility index (Phi) is 5.92. The lowest BCUT2D eigenvalue weighted by atomic mass is 10.2. The molecule has 1 aromatic carbocycles. The fourth-order valence-corrected chi connectivity index (χ4v) is 4.16. The van der Waals surface area contributed by atoms with Gasteiger partial charge in [-0.25, -0.2) is 4.98 Å². The van der Waals surface area contributed by atoms with E-state index in [4.69, 9.17) is 4.98 Å². The molecule has 0 radical (unpaired) electrons. The quantitative estimate of drug-likeness (QED) is 0.625. The first-order chi connectivity index (χ1) is 12.9. The molecule has 2 aromatic heterocycles. The van der Waals surface area contributed by atoms with Crippen LogP contribution < -0.4 is 4.90 Å². The van der Waals surface area contributed by atoms with Crippen molar-refractivity contribution in [3.63, 3.8) is 0 Å². The lowest BCUT2D eigenvalue weighted by molar-refractivity contribution is 0.0976. The average Bonchev–Trinajstić information content (AvgIpc) is 3.20. The number of nitrogens with zero attached hydrogens (tertiary/aromatic N) is 5. The molecule has 27 heavy (non-hydrogen) atoms. The van der Waals surface area contributed by atoms with Crippen LogP contribution in [0, 0.1) is 6.92 Å². The summed E-state index contributed by atoms with van der Waals surface area (Å²) in [4.78, 5) is 22.0. The topological polar surface area (TPSA) is 54.3 Å². The maximum atomic E-state index is 13.3. The number of fused-ring (bicyclic) bond motifs is 1. The largest absolute Gasteiger partial charge is 0.309 e. The van der Waals surface area contributed by atoms with Crippen LogP contribution in [0.2, 0.25) is 0 Å². The number of benzene rings is 1. The molecule has 144 valence electrons. The van der Waals surface area contributed by atoms with Crippen molar-refractivity contribution in [2.45, 2.75) is 26.7 Å². The molecule has 0 aliphatic rings. The Labute approximate surface area is 164 Å². The summed E-state index contributed by atoms with van der Waals surface area (Å²) >= 11 is 1.58. The lowest BCUT2D eigenvalue weighted by Crippen LogP contribution is -2.35. The second kappa shape index (κ2) is 8.19. The van der Waals surface area contributed by atoms with Crippen LogP contribution in [0.3, 0.4) is 0 Å². The summed E-state index contributed by atoms with van der Waals surface area (Å²) in [6.07, 6.45) is 3.60. The van der Waals surface area contributed by atoms with Gasteiger partial charge in [0.25, 0.3) is 5.91 Å². The van der Waals surface area contributed by atoms with Gasteiger partial charge in [-0.2, -0.15) is 5.10 Å². The second-order valence-corrected chi connectivity index (χ2v) is 8.07. The normalized spacial score (nSPS) is 11.5. The molecule has 6 nitrogen and oxygen atoms in total. The molecule has 0 aliphatic heterocycles. The van der Waals surface area contributed by atoms with Crippen LogP contribution in [0.25, 0.3) is 10.2 Å². The number of amides is 1. The highest BCUT2D eigenvalue weighted by atomic mass is 32.1. The summed E-state index contributed by atoms with van der Waals surface area (Å²) in [5, 5.41) is 4.98. The van der Waals surface area contributed by atoms with Crippen molar-refractivity contribution in [1.29, 1.82) is 0 Å². The van der Waals surface area contributed by atoms with Crippen LogP contribution in [-0.2, 0) is 13.5 Å². The van der Waals surface area contributed by atoms with Gasteiger partial charge in [-0.05, 0) is 63.7 Å². The molecule has 3 rings (SSSR count). The zero-order valence-electron chi connectivity index (χ0n) is 16.7. The summed E-state index contributed by atoms with van der Waals surface area (Å²) in [7, 11) is 5.90. The van der Waals surface area contributed by atoms with Crippen molar-refractivity contribution in [3.05, 3.63) is 41.2 Å². The van der Waals surface area contributed by atoms with Gasteiger partial charge >= 0.3 is 0 Å². The van der Waals surface area contributed by atoms with Crippen LogP contribution in [0.15, 0.2) is 24.4 Å². The molecule has 0 N–H and O–H groups in total. The van der Waals surface area contributed by atoms with E-state index in [9.17, 15) is 4.79 Å². The molecule has 0 saturated heterocycles. The SMILES string of the molecule is CCc1ccc2nc(N(CCCN(C)C)C(=O)c3c(C)cnn3C)sc2c1. The zero-order valence-corrected chi connectivity index (χ0v) is 17.5. The number of hydrogen-bond donors (Lipinski definition) is 0. The Morgan fingerprint density at radius 2 is 2.04 bits per heavy atom. The number of aryl methyl sites for hydroxylation is 3. The minimum absolute atomic E-state index is 0.0407. The maximum absolute atomic E-state index is 13.3. The van der Waals surface area contributed by atoms with Crippen LogP contribution in [0.4, 0.5) is 5.13 Å². The van der Waals surface area contributed by atoms with Crippen LogP contribution in [-0.4, -0.2) is 52.8 Å². The molecule has 7 heteroatoms. The van der Waals surface area contributed by atoms with Crippen LogP contribution in [0.5, 0.6) is 0 Å². The molecule has 3 aromatic rings. The predicted octanol–water partition coefficient (Wildman–Crippen LogP) is 3.50. The van der Waals surface area contributed by atoms with Gasteiger partial charge in [0.05, 0.1) is 16.4 Å². The molecule has 0 aliphatic carbocycles. The van der Waals surface area contributed by atoms with Gasteiger partial charge in [-0.15, -0.1) is 0 Å². The van der Waals surface area contributed by atoms with E-state index in [1.165, 1.54) is 5.56 Å². The van der Waals surface area contributed by atoms with E-state index in [-0.39, 0.29) is 5.91 Å². The first kappa shape index (κ1) is 19.5. The van der Waals surface area contributed by atoms with Crippen molar-refractivity contribution in [2.24, 2.45) is 7.05 Å². The van der Waals surface area contributed by atoms with Crippen molar-refractivity contribution < 1.29 is 4.79 Å². The molecular formula is C20H27N5OS. The van der Waals surface area contributed by atoms with E-state index in [1.54, 1.807) is 22.2 Å². The van der Waals surface area contributed by atoms with E-state index >= 15 is 0 Å². The number of thiazole rings is 1. The van der Waals surface area contributed by atoms with E-state index < -0.39 is 0 Å². The third kappa shape index (κ3) is 4.20. The van der Waals surface area contributed by atoms with Crippen molar-refractivity contribution in [2.75, 3.05) is 32.1 Å². The average molecular weight is 386 g/mol. The zero-order chi connectivity index (χ0) is 19.6. The Hall–Kier alpha value is -2.25. The second-order valence-electron chi connectivity index (χ2n) is 7.07. The molecule has 0 bridgehead atoms. The molecule has 0 saturated carbocycles. The number of carbonyl (C=O) groups excluding carboxylic acids is 1. The summed E-state index contributed by atoms with van der Waals surface area (Å²) in [6.45, 7) is 5.61. The Morgan fingerprint density at radius 1 is 1.26 bits per heavy atom. The van der Waals surface area contributed by atoms with Gasteiger partial charge < -0.3 is 4.90 Å². The van der Waals surface area contributed by atoms with Gasteiger partial charge in [0.2, 0.25) is 0 Å². The molecule has 0 unspecified atom stereocenters. The van der Waals surface area contributed by atoms with E-state index in [0.717, 1.165) is 40.3 Å². The predicted molar refractivity (Wildman–Crippen MR) is 112 cm³/mol. The van der Waals surface area contributed by atoms with Crippen molar-refractivity contribution >= 4 is 32.6 Å². The van der Waals surface area contributed by atoms with E-state index in [1.807, 2.05) is 39.0 Å². The maximum Gasteiger partial charge on any atom is 0.278 e. The Balaban J connectivity index is 1.97. The fourth-order valence-electron chi connectivity index (χ4n) is 3.10. The molecule has 0 spiro atoms. The summed E-state index contributed by atoms with van der Waals surface area (Å²) in [5.41, 5.74) is 3.73. The molecule has 1 amide bonds. The highest BCUT2D eigenvalue weighted by molar-refractivity contribution is 7.22. The third-order valence-electron chi connectivity index (χ3n) is 4.64. The summed E-state index contributed by atoms with van der Waals surface area (Å²) < 4.78 is 2.77. The van der Waals surface area contributed by atoms with Gasteiger partial charge in [-0.1, -0.05) is 24.3 Å². The lowest BCUT2D eigenvalue weighted by Gasteiger charge is -2.21. The molecule has 0 fully saturated rings. The first-order valence-electron chi connectivity index (χ1n) is 9.25. The van der Waals surface area contributed by atoms with Crippen molar-refractivity contribution in [1.82, 2.24) is 19.7 Å². The standard InChI is InChI=1S/C20H27N5OS/c1-6-15-8-9-16-17(12-15)27-20(22-16)25(11-7-10-23(3)4)19(26)18-14(2)13-21-24(18)5/h8-9,12-13H,6-7,10-11H2,1-5H3. The first-order valence-corrected chi connectivity index (χ1v) is 10.1. The van der Waals surface area contributed by atoms with Crippen molar-refractivity contribution in [3.8, 4) is 0 Å². The van der Waals surface area contributed by atoms with E-state index in [0.29, 0.717) is 12.2 Å². The highest BCUT2D eigenvalue weighted by Crippen LogP contribution is 2.31.